The number of benzene rings is 1. The van der Waals surface area contributed by atoms with Crippen molar-refractivity contribution in [1.29, 1.82) is 0 Å². The van der Waals surface area contributed by atoms with Crippen LogP contribution in [0.3, 0.4) is 0 Å². The monoisotopic (exact) mass is 414 g/mol. The summed E-state index contributed by atoms with van der Waals surface area (Å²) in [5, 5.41) is 0. The third kappa shape index (κ3) is 4.80. The van der Waals surface area contributed by atoms with Gasteiger partial charge in [0.05, 0.1) is 0 Å². The Balaban J connectivity index is 1.19. The summed E-state index contributed by atoms with van der Waals surface area (Å²) in [5.41, 5.74) is -0.00956. The summed E-state index contributed by atoms with van der Waals surface area (Å²) < 4.78 is 11.9. The number of ether oxygens (including phenoxy) is 2. The number of piperidine rings is 1. The molecule has 4 rings (SSSR count). The average molecular weight is 415 g/mol. The number of para-hydroxylation sites is 2. The number of carbonyl (C=O) groups is 2. The number of amides is 2. The number of carbonyl (C=O) groups excluding carboxylic acids is 2. The number of nitrogens with zero attached hydrogens (tertiary/aromatic N) is 2. The molecule has 164 valence electrons. The van der Waals surface area contributed by atoms with Gasteiger partial charge in [-0.1, -0.05) is 31.9 Å². The van der Waals surface area contributed by atoms with E-state index in [4.69, 9.17) is 9.47 Å². The van der Waals surface area contributed by atoms with Crippen LogP contribution in [0.5, 0.6) is 11.5 Å². The highest BCUT2D eigenvalue weighted by atomic mass is 16.6. The van der Waals surface area contributed by atoms with Crippen molar-refractivity contribution in [2.24, 2.45) is 5.41 Å². The maximum atomic E-state index is 12.6. The Hall–Kier alpha value is -2.08. The Bertz CT molecular complexity index is 739. The van der Waals surface area contributed by atoms with Gasteiger partial charge in [-0.2, -0.15) is 0 Å². The van der Waals surface area contributed by atoms with Crippen molar-refractivity contribution in [3.8, 4) is 11.5 Å². The van der Waals surface area contributed by atoms with Gasteiger partial charge in [0.2, 0.25) is 11.8 Å². The maximum Gasteiger partial charge on any atom is 0.229 e. The first-order chi connectivity index (χ1) is 14.6. The fourth-order valence-corrected chi connectivity index (χ4v) is 5.19. The highest BCUT2D eigenvalue weighted by molar-refractivity contribution is 5.98. The van der Waals surface area contributed by atoms with Crippen LogP contribution >= 0.6 is 0 Å². The average Bonchev–Trinajstić information content (AvgIpc) is 3.18. The van der Waals surface area contributed by atoms with Gasteiger partial charge in [-0.05, 0) is 56.3 Å². The SMILES string of the molecule is CCN(CCCCN1C(=O)CC2(CCCC2)CC1=O)CC1COc2ccccc2O1. The van der Waals surface area contributed by atoms with E-state index in [-0.39, 0.29) is 23.3 Å². The van der Waals surface area contributed by atoms with Crippen molar-refractivity contribution < 1.29 is 19.1 Å². The van der Waals surface area contributed by atoms with Crippen molar-refractivity contribution >= 4 is 11.8 Å². The minimum absolute atomic E-state index is 0.00956. The van der Waals surface area contributed by atoms with E-state index in [1.807, 2.05) is 24.3 Å². The van der Waals surface area contributed by atoms with Gasteiger partial charge < -0.3 is 9.47 Å². The van der Waals surface area contributed by atoms with Crippen LogP contribution in [0.1, 0.15) is 58.3 Å². The van der Waals surface area contributed by atoms with Gasteiger partial charge >= 0.3 is 0 Å². The van der Waals surface area contributed by atoms with Gasteiger partial charge in [0.25, 0.3) is 0 Å². The van der Waals surface area contributed by atoms with E-state index >= 15 is 0 Å². The topological polar surface area (TPSA) is 59.1 Å². The molecule has 3 aliphatic rings. The number of unbranched alkanes of at least 4 members (excludes halogenated alkanes) is 1. The van der Waals surface area contributed by atoms with Gasteiger partial charge in [-0.3, -0.25) is 19.4 Å². The van der Waals surface area contributed by atoms with E-state index in [2.05, 4.69) is 11.8 Å². The van der Waals surface area contributed by atoms with Crippen molar-refractivity contribution in [3.05, 3.63) is 24.3 Å². The van der Waals surface area contributed by atoms with E-state index < -0.39 is 0 Å². The predicted molar refractivity (Wildman–Crippen MR) is 115 cm³/mol. The first kappa shape index (κ1) is 21.2. The number of hydrogen-bond acceptors (Lipinski definition) is 5. The van der Waals surface area contributed by atoms with Gasteiger partial charge in [0.1, 0.15) is 12.7 Å². The molecule has 1 aromatic rings. The second-order valence-electron chi connectivity index (χ2n) is 9.10. The molecule has 0 bridgehead atoms. The van der Waals surface area contributed by atoms with Crippen molar-refractivity contribution in [3.63, 3.8) is 0 Å². The summed E-state index contributed by atoms with van der Waals surface area (Å²) in [5.74, 6) is 1.72. The lowest BCUT2D eigenvalue weighted by atomic mass is 9.76. The lowest BCUT2D eigenvalue weighted by Crippen LogP contribution is -2.47. The molecular formula is C24H34N2O4. The van der Waals surface area contributed by atoms with Crippen LogP contribution in [0.4, 0.5) is 0 Å². The minimum atomic E-state index is -0.00956. The van der Waals surface area contributed by atoms with E-state index in [0.717, 1.165) is 69.7 Å². The fraction of sp³-hybridized carbons (Fsp3) is 0.667. The molecule has 2 aliphatic heterocycles. The smallest absolute Gasteiger partial charge is 0.229 e. The van der Waals surface area contributed by atoms with Gasteiger partial charge in [-0.15, -0.1) is 0 Å². The Morgan fingerprint density at radius 1 is 1.07 bits per heavy atom. The van der Waals surface area contributed by atoms with Crippen molar-refractivity contribution in [2.75, 3.05) is 32.8 Å². The lowest BCUT2D eigenvalue weighted by Gasteiger charge is -2.37. The molecule has 0 aromatic heterocycles. The maximum absolute atomic E-state index is 12.6. The van der Waals surface area contributed by atoms with E-state index in [9.17, 15) is 9.59 Å². The highest BCUT2D eigenvalue weighted by Crippen LogP contribution is 2.46. The summed E-state index contributed by atoms with van der Waals surface area (Å²) in [4.78, 5) is 29.0. The van der Waals surface area contributed by atoms with E-state index in [0.29, 0.717) is 26.0 Å². The normalized spacial score (nSPS) is 22.9. The molecule has 1 saturated carbocycles. The third-order valence-electron chi connectivity index (χ3n) is 6.90. The molecule has 2 fully saturated rings. The van der Waals surface area contributed by atoms with Crippen molar-refractivity contribution in [1.82, 2.24) is 9.80 Å². The molecule has 1 saturated heterocycles. The largest absolute Gasteiger partial charge is 0.486 e. The molecule has 2 amide bonds. The first-order valence-corrected chi connectivity index (χ1v) is 11.5. The Kier molecular flexibility index (Phi) is 6.61. The first-order valence-electron chi connectivity index (χ1n) is 11.5. The van der Waals surface area contributed by atoms with Gasteiger partial charge in [0.15, 0.2) is 11.5 Å². The predicted octanol–water partition coefficient (Wildman–Crippen LogP) is 3.64. The quantitative estimate of drug-likeness (QED) is 0.480. The van der Waals surface area contributed by atoms with Crippen LogP contribution in [0.25, 0.3) is 0 Å². The molecule has 2 heterocycles. The zero-order valence-corrected chi connectivity index (χ0v) is 18.1. The zero-order valence-electron chi connectivity index (χ0n) is 18.1. The lowest BCUT2D eigenvalue weighted by molar-refractivity contribution is -0.153. The molecule has 1 spiro atoms. The third-order valence-corrected chi connectivity index (χ3v) is 6.90. The number of likely N-dealkylation sites (tertiary alicyclic amines) is 1. The summed E-state index contributed by atoms with van der Waals surface area (Å²) in [6.45, 7) is 5.95. The standard InChI is InChI=1S/C24H34N2O4/c1-2-25(17-19-18-29-20-9-3-4-10-21(20)30-19)13-7-8-14-26-22(27)15-24(16-23(26)28)11-5-6-12-24/h3-4,9-10,19H,2,5-8,11-18H2,1H3. The van der Waals surface area contributed by atoms with Crippen molar-refractivity contribution in [2.45, 2.75) is 64.4 Å². The molecular weight excluding hydrogens is 380 g/mol. The molecule has 0 radical (unpaired) electrons. The zero-order chi connectivity index (χ0) is 21.0. The van der Waals surface area contributed by atoms with Crippen LogP contribution in [0.15, 0.2) is 24.3 Å². The highest BCUT2D eigenvalue weighted by Gasteiger charge is 2.44. The van der Waals surface area contributed by atoms with Gasteiger partial charge in [0, 0.05) is 25.9 Å². The van der Waals surface area contributed by atoms with E-state index in [1.165, 1.54) is 4.90 Å². The summed E-state index contributed by atoms with van der Waals surface area (Å²) in [6, 6.07) is 7.78. The van der Waals surface area contributed by atoms with Crippen LogP contribution in [0, 0.1) is 5.41 Å². The Labute approximate surface area is 179 Å². The summed E-state index contributed by atoms with van der Waals surface area (Å²) >= 11 is 0. The number of fused-ring (bicyclic) bond motifs is 1. The molecule has 1 aliphatic carbocycles. The van der Waals surface area contributed by atoms with Crippen LogP contribution in [-0.2, 0) is 9.59 Å². The summed E-state index contributed by atoms with van der Waals surface area (Å²) in [7, 11) is 0. The van der Waals surface area contributed by atoms with Gasteiger partial charge in [-0.25, -0.2) is 0 Å². The molecule has 1 atom stereocenters. The van der Waals surface area contributed by atoms with Crippen LogP contribution in [0.2, 0.25) is 0 Å². The number of likely N-dealkylation sites (N-methyl/N-ethyl adjacent to an activating group) is 1. The van der Waals surface area contributed by atoms with E-state index in [1.54, 1.807) is 0 Å². The van der Waals surface area contributed by atoms with Crippen LogP contribution in [-0.4, -0.2) is 60.5 Å². The number of imide groups is 1. The molecule has 1 unspecified atom stereocenters. The Morgan fingerprint density at radius 2 is 1.77 bits per heavy atom. The number of rotatable bonds is 8. The minimum Gasteiger partial charge on any atom is -0.486 e. The van der Waals surface area contributed by atoms with Crippen LogP contribution < -0.4 is 9.47 Å². The second-order valence-corrected chi connectivity index (χ2v) is 9.10. The fourth-order valence-electron chi connectivity index (χ4n) is 5.19. The molecule has 6 heteroatoms. The molecule has 1 aromatic carbocycles. The molecule has 0 N–H and O–H groups in total. The summed E-state index contributed by atoms with van der Waals surface area (Å²) in [6.07, 6.45) is 7.38. The Morgan fingerprint density at radius 3 is 2.47 bits per heavy atom. The number of hydrogen-bond donors (Lipinski definition) is 0. The molecule has 6 nitrogen and oxygen atoms in total. The second kappa shape index (κ2) is 9.38. The molecule has 30 heavy (non-hydrogen) atoms.